The molecule has 1 fully saturated rings. The first-order chi connectivity index (χ1) is 13.6. The van der Waals surface area contributed by atoms with E-state index in [-0.39, 0.29) is 18.2 Å². The van der Waals surface area contributed by atoms with Crippen LogP contribution in [0.1, 0.15) is 31.0 Å². The number of benzene rings is 1. The van der Waals surface area contributed by atoms with E-state index in [0.29, 0.717) is 47.4 Å². The number of rotatable bonds is 5. The summed E-state index contributed by atoms with van der Waals surface area (Å²) in [4.78, 5) is 34.9. The summed E-state index contributed by atoms with van der Waals surface area (Å²) < 4.78 is 1.89. The molecule has 0 aliphatic carbocycles. The van der Waals surface area contributed by atoms with Gasteiger partial charge in [0.1, 0.15) is 0 Å². The van der Waals surface area contributed by atoms with Crippen LogP contribution in [0.5, 0.6) is 0 Å². The van der Waals surface area contributed by atoms with Gasteiger partial charge in [-0.05, 0) is 31.5 Å². The molecule has 2 amide bonds. The molecule has 1 N–H and O–H groups in total. The highest BCUT2D eigenvalue weighted by Gasteiger charge is 2.24. The molecule has 9 heteroatoms. The Hall–Kier alpha value is -3.25. The Morgan fingerprint density at radius 2 is 2.25 bits per heavy atom. The largest absolute Gasteiger partial charge is 0.310 e. The van der Waals surface area contributed by atoms with Gasteiger partial charge in [-0.2, -0.15) is 5.26 Å². The van der Waals surface area contributed by atoms with Crippen LogP contribution in [0.2, 0.25) is 0 Å². The maximum atomic E-state index is 12.5. The summed E-state index contributed by atoms with van der Waals surface area (Å²) in [7, 11) is 0. The predicted molar refractivity (Wildman–Crippen MR) is 106 cm³/mol. The zero-order valence-corrected chi connectivity index (χ0v) is 16.1. The first-order valence-electron chi connectivity index (χ1n) is 9.04. The Morgan fingerprint density at radius 1 is 1.39 bits per heavy atom. The molecule has 1 aromatic carbocycles. The number of nitrogens with one attached hydrogen (secondary N) is 1. The summed E-state index contributed by atoms with van der Waals surface area (Å²) in [5.74, 6) is 0.302. The first-order valence-corrected chi connectivity index (χ1v) is 9.92. The molecule has 1 aliphatic heterocycles. The third-order valence-electron chi connectivity index (χ3n) is 4.63. The SMILES string of the molecule is CCn1c(NC(=O)Cc2csc(N3CCCC3=O)n2)nc2cc(C#N)ccc21. The van der Waals surface area contributed by atoms with E-state index in [1.165, 1.54) is 11.3 Å². The number of hydrogen-bond acceptors (Lipinski definition) is 6. The lowest BCUT2D eigenvalue weighted by Gasteiger charge is -2.10. The van der Waals surface area contributed by atoms with E-state index in [9.17, 15) is 9.59 Å². The van der Waals surface area contributed by atoms with Crippen molar-refractivity contribution in [2.24, 2.45) is 0 Å². The number of aryl methyl sites for hydroxylation is 1. The van der Waals surface area contributed by atoms with Crippen molar-refractivity contribution in [1.82, 2.24) is 14.5 Å². The first kappa shape index (κ1) is 18.1. The summed E-state index contributed by atoms with van der Waals surface area (Å²) in [5, 5.41) is 14.3. The van der Waals surface area contributed by atoms with Gasteiger partial charge >= 0.3 is 0 Å². The molecule has 8 nitrogen and oxygen atoms in total. The van der Waals surface area contributed by atoms with E-state index in [1.54, 1.807) is 17.0 Å². The molecule has 3 aromatic rings. The van der Waals surface area contributed by atoms with E-state index in [0.717, 1.165) is 11.9 Å². The van der Waals surface area contributed by atoms with E-state index in [4.69, 9.17) is 5.26 Å². The molecule has 1 saturated heterocycles. The van der Waals surface area contributed by atoms with Crippen LogP contribution in [0.15, 0.2) is 23.6 Å². The zero-order valence-electron chi connectivity index (χ0n) is 15.3. The van der Waals surface area contributed by atoms with Crippen LogP contribution >= 0.6 is 11.3 Å². The molecule has 0 radical (unpaired) electrons. The second kappa shape index (κ2) is 7.40. The molecule has 0 bridgehead atoms. The van der Waals surface area contributed by atoms with Crippen molar-refractivity contribution in [1.29, 1.82) is 5.26 Å². The topological polar surface area (TPSA) is 104 Å². The minimum absolute atomic E-state index is 0.0822. The quantitative estimate of drug-likeness (QED) is 0.716. The Morgan fingerprint density at radius 3 is 2.96 bits per heavy atom. The lowest BCUT2D eigenvalue weighted by Crippen LogP contribution is -2.23. The second-order valence-corrected chi connectivity index (χ2v) is 7.33. The molecule has 28 heavy (non-hydrogen) atoms. The summed E-state index contributed by atoms with van der Waals surface area (Å²) in [6, 6.07) is 7.37. The van der Waals surface area contributed by atoms with Gasteiger partial charge in [-0.3, -0.25) is 19.8 Å². The van der Waals surface area contributed by atoms with Crippen LogP contribution in [-0.4, -0.2) is 32.9 Å². The van der Waals surface area contributed by atoms with E-state index >= 15 is 0 Å². The molecule has 0 unspecified atom stereocenters. The van der Waals surface area contributed by atoms with Gasteiger partial charge in [-0.1, -0.05) is 0 Å². The van der Waals surface area contributed by atoms with Crippen molar-refractivity contribution in [3.63, 3.8) is 0 Å². The highest BCUT2D eigenvalue weighted by molar-refractivity contribution is 7.14. The lowest BCUT2D eigenvalue weighted by molar-refractivity contribution is -0.117. The number of imidazole rings is 1. The highest BCUT2D eigenvalue weighted by atomic mass is 32.1. The molecule has 2 aromatic heterocycles. The second-order valence-electron chi connectivity index (χ2n) is 6.49. The molecule has 1 aliphatic rings. The summed E-state index contributed by atoms with van der Waals surface area (Å²) in [6.45, 7) is 3.29. The van der Waals surface area contributed by atoms with Gasteiger partial charge in [0.15, 0.2) is 5.13 Å². The number of hydrogen-bond donors (Lipinski definition) is 1. The van der Waals surface area contributed by atoms with Gasteiger partial charge < -0.3 is 4.57 Å². The van der Waals surface area contributed by atoms with Gasteiger partial charge in [0, 0.05) is 24.9 Å². The fraction of sp³-hybridized carbons (Fsp3) is 0.316. The number of carbonyl (C=O) groups excluding carboxylic acids is 2. The number of aromatic nitrogens is 3. The maximum absolute atomic E-state index is 12.5. The van der Waals surface area contributed by atoms with Crippen molar-refractivity contribution in [3.05, 3.63) is 34.8 Å². The Labute approximate surface area is 165 Å². The molecule has 0 atom stereocenters. The lowest BCUT2D eigenvalue weighted by atomic mass is 10.2. The van der Waals surface area contributed by atoms with Crippen LogP contribution in [0.25, 0.3) is 11.0 Å². The van der Waals surface area contributed by atoms with E-state index in [1.807, 2.05) is 22.9 Å². The van der Waals surface area contributed by atoms with Crippen molar-refractivity contribution < 1.29 is 9.59 Å². The van der Waals surface area contributed by atoms with Gasteiger partial charge in [-0.15, -0.1) is 11.3 Å². The van der Waals surface area contributed by atoms with Gasteiger partial charge in [0.25, 0.3) is 0 Å². The van der Waals surface area contributed by atoms with Gasteiger partial charge in [-0.25, -0.2) is 9.97 Å². The average Bonchev–Trinajstić information content (AvgIpc) is 3.39. The van der Waals surface area contributed by atoms with Crippen LogP contribution in [0.4, 0.5) is 11.1 Å². The maximum Gasteiger partial charge on any atom is 0.232 e. The van der Waals surface area contributed by atoms with Gasteiger partial charge in [0.2, 0.25) is 17.8 Å². The van der Waals surface area contributed by atoms with Crippen LogP contribution in [0, 0.1) is 11.3 Å². The number of nitrogens with zero attached hydrogens (tertiary/aromatic N) is 5. The molecular formula is C19H18N6O2S. The van der Waals surface area contributed by atoms with E-state index in [2.05, 4.69) is 21.4 Å². The third kappa shape index (κ3) is 3.34. The van der Waals surface area contributed by atoms with Crippen LogP contribution in [-0.2, 0) is 22.6 Å². The normalized spacial score (nSPS) is 13.9. The fourth-order valence-corrected chi connectivity index (χ4v) is 4.17. The molecule has 4 rings (SSSR count). The van der Waals surface area contributed by atoms with Crippen LogP contribution < -0.4 is 10.2 Å². The summed E-state index contributed by atoms with van der Waals surface area (Å²) >= 11 is 1.38. The highest BCUT2D eigenvalue weighted by Crippen LogP contribution is 2.26. The zero-order chi connectivity index (χ0) is 19.7. The number of carbonyl (C=O) groups is 2. The number of anilines is 2. The number of nitriles is 1. The van der Waals surface area contributed by atoms with Gasteiger partial charge in [0.05, 0.1) is 34.8 Å². The van der Waals surface area contributed by atoms with Crippen molar-refractivity contribution >= 4 is 45.3 Å². The average molecular weight is 394 g/mol. The number of thiazole rings is 1. The predicted octanol–water partition coefficient (Wildman–Crippen LogP) is 2.69. The molecular weight excluding hydrogens is 376 g/mol. The molecule has 142 valence electrons. The van der Waals surface area contributed by atoms with Crippen molar-refractivity contribution in [3.8, 4) is 6.07 Å². The Bertz CT molecular complexity index is 1110. The Balaban J connectivity index is 1.50. The standard InChI is InChI=1S/C19H18N6O2S/c1-2-24-15-6-5-12(10-20)8-14(15)22-18(24)23-16(26)9-13-11-28-19(21-13)25-7-3-4-17(25)27/h5-6,8,11H,2-4,7,9H2,1H3,(H,22,23,26). The smallest absolute Gasteiger partial charge is 0.232 e. The monoisotopic (exact) mass is 394 g/mol. The molecule has 0 saturated carbocycles. The third-order valence-corrected chi connectivity index (χ3v) is 5.54. The van der Waals surface area contributed by atoms with Crippen LogP contribution in [0.3, 0.4) is 0 Å². The number of fused-ring (bicyclic) bond motifs is 1. The fourth-order valence-electron chi connectivity index (χ4n) is 3.30. The minimum atomic E-state index is -0.227. The Kier molecular flexibility index (Phi) is 4.79. The van der Waals surface area contributed by atoms with Crippen molar-refractivity contribution in [2.45, 2.75) is 32.7 Å². The molecule has 3 heterocycles. The number of amides is 2. The summed E-state index contributed by atoms with van der Waals surface area (Å²) in [6.07, 6.45) is 1.50. The summed E-state index contributed by atoms with van der Waals surface area (Å²) in [5.41, 5.74) is 2.68. The minimum Gasteiger partial charge on any atom is -0.310 e. The van der Waals surface area contributed by atoms with Crippen molar-refractivity contribution in [2.75, 3.05) is 16.8 Å². The molecule has 0 spiro atoms. The van der Waals surface area contributed by atoms with E-state index < -0.39 is 0 Å².